The van der Waals surface area contributed by atoms with Gasteiger partial charge in [0.05, 0.1) is 0 Å². The third-order valence-electron chi connectivity index (χ3n) is 9.99. The molecule has 234 valence electrons. The smallest absolute Gasteiger partial charge is 0.00110 e. The van der Waals surface area contributed by atoms with Crippen molar-refractivity contribution in [3.63, 3.8) is 0 Å². The Hall–Kier alpha value is -5.46. The summed E-state index contributed by atoms with van der Waals surface area (Å²) >= 11 is 0. The lowest BCUT2D eigenvalue weighted by molar-refractivity contribution is 1.38. The molecule has 48 heavy (non-hydrogen) atoms. The fourth-order valence-electron chi connectivity index (χ4n) is 7.49. The number of rotatable bonds is 6. The highest BCUT2D eigenvalue weighted by atomic mass is 14.3. The van der Waals surface area contributed by atoms with Crippen molar-refractivity contribution < 1.29 is 0 Å². The summed E-state index contributed by atoms with van der Waals surface area (Å²) in [4.78, 5) is 0. The first kappa shape index (κ1) is 31.2. The van der Waals surface area contributed by atoms with Gasteiger partial charge in [-0.05, 0) is 142 Å². The van der Waals surface area contributed by atoms with Gasteiger partial charge in [-0.1, -0.05) is 146 Å². The zero-order valence-corrected chi connectivity index (χ0v) is 28.9. The van der Waals surface area contributed by atoms with E-state index in [-0.39, 0.29) is 0 Å². The van der Waals surface area contributed by atoms with Crippen LogP contribution in [-0.4, -0.2) is 0 Å². The summed E-state index contributed by atoms with van der Waals surface area (Å²) in [6.45, 7) is 13.6. The van der Waals surface area contributed by atoms with Crippen LogP contribution in [0.15, 0.2) is 146 Å². The van der Waals surface area contributed by atoms with Crippen LogP contribution in [0, 0.1) is 41.5 Å². The largest absolute Gasteiger partial charge is 0.0620 e. The monoisotopic (exact) mass is 618 g/mol. The van der Waals surface area contributed by atoms with E-state index in [0.717, 1.165) is 0 Å². The lowest BCUT2D eigenvalue weighted by Gasteiger charge is -2.31. The van der Waals surface area contributed by atoms with Crippen molar-refractivity contribution in [2.24, 2.45) is 0 Å². The molecule has 7 aromatic carbocycles. The van der Waals surface area contributed by atoms with Crippen molar-refractivity contribution >= 4 is 0 Å². The van der Waals surface area contributed by atoms with E-state index >= 15 is 0 Å². The Kier molecular flexibility index (Phi) is 8.42. The predicted octanol–water partition coefficient (Wildman–Crippen LogP) is 13.5. The molecule has 0 saturated carbocycles. The molecule has 0 bridgehead atoms. The van der Waals surface area contributed by atoms with Gasteiger partial charge < -0.3 is 0 Å². The summed E-state index contributed by atoms with van der Waals surface area (Å²) in [6, 6.07) is 53.6. The van der Waals surface area contributed by atoms with Crippen molar-refractivity contribution in [3.8, 4) is 66.8 Å². The minimum Gasteiger partial charge on any atom is -0.0620 e. The molecule has 0 atom stereocenters. The molecule has 7 rings (SSSR count). The first-order chi connectivity index (χ1) is 23.4. The molecule has 0 aliphatic heterocycles. The topological polar surface area (TPSA) is 0 Å². The van der Waals surface area contributed by atoms with Crippen LogP contribution < -0.4 is 0 Å². The van der Waals surface area contributed by atoms with E-state index in [2.05, 4.69) is 187 Å². The van der Waals surface area contributed by atoms with E-state index in [1.54, 1.807) is 0 Å². The molecule has 7 aromatic rings. The van der Waals surface area contributed by atoms with Crippen LogP contribution in [0.3, 0.4) is 0 Å². The predicted molar refractivity (Wildman–Crippen MR) is 207 cm³/mol. The third kappa shape index (κ3) is 5.38. The molecule has 0 fully saturated rings. The van der Waals surface area contributed by atoms with Gasteiger partial charge in [0.1, 0.15) is 0 Å². The van der Waals surface area contributed by atoms with Crippen LogP contribution in [0.25, 0.3) is 66.8 Å². The Morgan fingerprint density at radius 2 is 0.312 bits per heavy atom. The Balaban J connectivity index is 1.92. The normalized spacial score (nSPS) is 11.1. The highest BCUT2D eigenvalue weighted by Crippen LogP contribution is 2.57. The SMILES string of the molecule is Cc1ccccc1-c1c(-c2ccccc2C)c(-c2ccccc2C)c(-c2ccccc2C)c(-c2ccccc2C)c1-c1ccccc1C. The first-order valence-corrected chi connectivity index (χ1v) is 17.0. The van der Waals surface area contributed by atoms with Gasteiger partial charge in [-0.15, -0.1) is 0 Å². The molecular formula is C48H42. The van der Waals surface area contributed by atoms with Gasteiger partial charge in [-0.25, -0.2) is 0 Å². The second-order valence-electron chi connectivity index (χ2n) is 13.1. The van der Waals surface area contributed by atoms with Gasteiger partial charge >= 0.3 is 0 Å². The molecule has 0 N–H and O–H groups in total. The summed E-state index contributed by atoms with van der Waals surface area (Å²) in [7, 11) is 0. The third-order valence-corrected chi connectivity index (χ3v) is 9.99. The molecule has 0 unspecified atom stereocenters. The van der Waals surface area contributed by atoms with Crippen molar-refractivity contribution in [1.29, 1.82) is 0 Å². The molecule has 0 aromatic heterocycles. The molecule has 0 nitrogen and oxygen atoms in total. The van der Waals surface area contributed by atoms with Gasteiger partial charge in [0, 0.05) is 0 Å². The summed E-state index contributed by atoms with van der Waals surface area (Å²) in [5.74, 6) is 0. The molecule has 0 saturated heterocycles. The molecule has 0 radical (unpaired) electrons. The Bertz CT molecular complexity index is 1860. The summed E-state index contributed by atoms with van der Waals surface area (Å²) in [5.41, 5.74) is 22.8. The fraction of sp³-hybridized carbons (Fsp3) is 0.125. The molecular weight excluding hydrogens is 577 g/mol. The zero-order chi connectivity index (χ0) is 33.4. The Morgan fingerprint density at radius 1 is 0.188 bits per heavy atom. The molecule has 0 spiro atoms. The molecule has 0 amide bonds. The van der Waals surface area contributed by atoms with E-state index in [0.29, 0.717) is 0 Å². The summed E-state index contributed by atoms with van der Waals surface area (Å²) in [5, 5.41) is 0. The second-order valence-corrected chi connectivity index (χ2v) is 13.1. The van der Waals surface area contributed by atoms with Crippen molar-refractivity contribution in [3.05, 3.63) is 179 Å². The summed E-state index contributed by atoms with van der Waals surface area (Å²) < 4.78 is 0. The van der Waals surface area contributed by atoms with Crippen LogP contribution in [-0.2, 0) is 0 Å². The number of hydrogen-bond acceptors (Lipinski definition) is 0. The van der Waals surface area contributed by atoms with Gasteiger partial charge in [-0.3, -0.25) is 0 Å². The maximum Gasteiger partial charge on any atom is -0.00110 e. The highest BCUT2D eigenvalue weighted by Gasteiger charge is 2.31. The van der Waals surface area contributed by atoms with Gasteiger partial charge in [0.2, 0.25) is 0 Å². The van der Waals surface area contributed by atoms with Gasteiger partial charge in [0.15, 0.2) is 0 Å². The second kappa shape index (κ2) is 13.0. The van der Waals surface area contributed by atoms with E-state index in [4.69, 9.17) is 0 Å². The van der Waals surface area contributed by atoms with Crippen LogP contribution in [0.4, 0.5) is 0 Å². The molecule has 0 heteroatoms. The lowest BCUT2D eigenvalue weighted by atomic mass is 9.71. The summed E-state index contributed by atoms with van der Waals surface area (Å²) in [6.07, 6.45) is 0. The van der Waals surface area contributed by atoms with Crippen LogP contribution in [0.2, 0.25) is 0 Å². The quantitative estimate of drug-likeness (QED) is 0.174. The average molecular weight is 619 g/mol. The Morgan fingerprint density at radius 3 is 0.438 bits per heavy atom. The van der Waals surface area contributed by atoms with Crippen LogP contribution in [0.1, 0.15) is 33.4 Å². The fourth-order valence-corrected chi connectivity index (χ4v) is 7.49. The maximum absolute atomic E-state index is 2.32. The molecule has 0 aliphatic carbocycles. The van der Waals surface area contributed by atoms with E-state index in [9.17, 15) is 0 Å². The highest BCUT2D eigenvalue weighted by molar-refractivity contribution is 6.16. The van der Waals surface area contributed by atoms with Crippen molar-refractivity contribution in [2.45, 2.75) is 41.5 Å². The molecule has 0 heterocycles. The van der Waals surface area contributed by atoms with E-state index in [1.165, 1.54) is 100 Å². The maximum atomic E-state index is 2.32. The Labute approximate surface area is 286 Å². The standard InChI is InChI=1S/C48H42/c1-31-19-7-13-25-37(31)43-44(38-26-14-8-20-32(38)2)46(40-28-16-10-22-34(40)4)48(42-30-18-12-24-36(42)6)47(41-29-17-11-23-35(41)5)45(43)39-27-15-9-21-33(39)3/h7-30H,1-6H3. The van der Waals surface area contributed by atoms with Crippen molar-refractivity contribution in [1.82, 2.24) is 0 Å². The minimum atomic E-state index is 1.26. The van der Waals surface area contributed by atoms with Crippen LogP contribution >= 0.6 is 0 Å². The zero-order valence-electron chi connectivity index (χ0n) is 28.9. The number of benzene rings is 7. The van der Waals surface area contributed by atoms with E-state index in [1.807, 2.05) is 0 Å². The minimum absolute atomic E-state index is 1.26. The first-order valence-electron chi connectivity index (χ1n) is 17.0. The van der Waals surface area contributed by atoms with Crippen molar-refractivity contribution in [2.75, 3.05) is 0 Å². The molecule has 0 aliphatic rings. The average Bonchev–Trinajstić information content (AvgIpc) is 3.09. The van der Waals surface area contributed by atoms with E-state index < -0.39 is 0 Å². The number of hydrogen-bond donors (Lipinski definition) is 0. The van der Waals surface area contributed by atoms with Gasteiger partial charge in [0.25, 0.3) is 0 Å². The van der Waals surface area contributed by atoms with Crippen LogP contribution in [0.5, 0.6) is 0 Å². The lowest BCUT2D eigenvalue weighted by Crippen LogP contribution is -2.05. The van der Waals surface area contributed by atoms with Gasteiger partial charge in [-0.2, -0.15) is 0 Å². The number of aryl methyl sites for hydroxylation is 6.